The van der Waals surface area contributed by atoms with Gasteiger partial charge in [-0.2, -0.15) is 0 Å². The first-order valence-corrected chi connectivity index (χ1v) is 6.58. The first kappa shape index (κ1) is 14.0. The van der Waals surface area contributed by atoms with Crippen molar-refractivity contribution >= 4 is 51.1 Å². The number of nitrogens with zero attached hydrogens (tertiary/aromatic N) is 1. The third kappa shape index (κ3) is 2.15. The molecule has 0 saturated carbocycles. The van der Waals surface area contributed by atoms with Crippen LogP contribution < -0.4 is 10.2 Å². The van der Waals surface area contributed by atoms with Gasteiger partial charge in [-0.25, -0.2) is 9.69 Å². The minimum atomic E-state index is -1.31. The van der Waals surface area contributed by atoms with E-state index in [1.54, 1.807) is 18.2 Å². The first-order valence-electron chi connectivity index (χ1n) is 5.41. The molecule has 1 fully saturated rings. The van der Waals surface area contributed by atoms with E-state index in [2.05, 4.69) is 21.2 Å². The van der Waals surface area contributed by atoms with Gasteiger partial charge in [0, 0.05) is 0 Å². The molecule has 0 radical (unpaired) electrons. The Kier molecular flexibility index (Phi) is 3.40. The molecule has 1 aliphatic heterocycles. The van der Waals surface area contributed by atoms with Gasteiger partial charge in [0.1, 0.15) is 5.41 Å². The van der Waals surface area contributed by atoms with E-state index < -0.39 is 23.3 Å². The Hall–Kier alpha value is -1.40. The molecule has 0 aromatic heterocycles. The number of hydrogen-bond acceptors (Lipinski definition) is 3. The number of carbonyl (C=O) groups excluding carboxylic acids is 3. The Balaban J connectivity index is 2.55. The van der Waals surface area contributed by atoms with Gasteiger partial charge in [-0.15, -0.1) is 0 Å². The fourth-order valence-corrected chi connectivity index (χ4v) is 2.27. The number of benzene rings is 1. The average molecular weight is 346 g/mol. The summed E-state index contributed by atoms with van der Waals surface area (Å²) in [6.07, 6.45) is 0. The van der Waals surface area contributed by atoms with Crippen molar-refractivity contribution in [2.24, 2.45) is 5.41 Å². The monoisotopic (exact) mass is 344 g/mol. The van der Waals surface area contributed by atoms with Gasteiger partial charge >= 0.3 is 6.03 Å². The molecule has 2 rings (SSSR count). The lowest BCUT2D eigenvalue weighted by molar-refractivity contribution is -0.140. The van der Waals surface area contributed by atoms with Crippen molar-refractivity contribution in [3.8, 4) is 0 Å². The smallest absolute Gasteiger partial charge is 0.276 e. The van der Waals surface area contributed by atoms with E-state index in [4.69, 9.17) is 11.6 Å². The van der Waals surface area contributed by atoms with Crippen LogP contribution in [0.25, 0.3) is 0 Å². The van der Waals surface area contributed by atoms with E-state index in [1.165, 1.54) is 13.8 Å². The van der Waals surface area contributed by atoms with Crippen molar-refractivity contribution in [1.29, 1.82) is 0 Å². The van der Waals surface area contributed by atoms with E-state index in [0.29, 0.717) is 15.2 Å². The molecule has 1 aromatic carbocycles. The van der Waals surface area contributed by atoms with E-state index in [0.717, 1.165) is 4.90 Å². The van der Waals surface area contributed by atoms with Crippen molar-refractivity contribution < 1.29 is 14.4 Å². The van der Waals surface area contributed by atoms with Gasteiger partial charge < -0.3 is 0 Å². The minimum absolute atomic E-state index is 0.301. The second-order valence-electron chi connectivity index (χ2n) is 4.60. The van der Waals surface area contributed by atoms with Crippen LogP contribution in [0.2, 0.25) is 5.02 Å². The number of imide groups is 2. The topological polar surface area (TPSA) is 66.5 Å². The molecule has 0 spiro atoms. The predicted molar refractivity (Wildman–Crippen MR) is 74.0 cm³/mol. The summed E-state index contributed by atoms with van der Waals surface area (Å²) in [5.74, 6) is -1.21. The zero-order valence-corrected chi connectivity index (χ0v) is 12.5. The van der Waals surface area contributed by atoms with Gasteiger partial charge in [-0.05, 0) is 41.9 Å². The SMILES string of the molecule is CC1(C)C(=O)NC(=O)N(c2cccc(Cl)c2Br)C1=O. The Morgan fingerprint density at radius 3 is 2.53 bits per heavy atom. The van der Waals surface area contributed by atoms with Crippen LogP contribution in [0.15, 0.2) is 22.7 Å². The molecule has 0 bridgehead atoms. The number of anilines is 1. The van der Waals surface area contributed by atoms with Gasteiger partial charge in [-0.1, -0.05) is 17.7 Å². The predicted octanol–water partition coefficient (Wildman–Crippen LogP) is 2.71. The van der Waals surface area contributed by atoms with Gasteiger partial charge in [0.2, 0.25) is 11.8 Å². The normalized spacial score (nSPS) is 18.5. The summed E-state index contributed by atoms with van der Waals surface area (Å²) in [4.78, 5) is 36.8. The molecule has 1 aliphatic rings. The third-order valence-corrected chi connectivity index (χ3v) is 4.28. The summed E-state index contributed by atoms with van der Waals surface area (Å²) in [6.45, 7) is 2.92. The van der Waals surface area contributed by atoms with Gasteiger partial charge in [0.25, 0.3) is 0 Å². The van der Waals surface area contributed by atoms with Gasteiger partial charge in [-0.3, -0.25) is 14.9 Å². The highest BCUT2D eigenvalue weighted by molar-refractivity contribution is 9.10. The molecule has 19 heavy (non-hydrogen) atoms. The van der Waals surface area contributed by atoms with E-state index >= 15 is 0 Å². The second kappa shape index (κ2) is 4.61. The van der Waals surface area contributed by atoms with E-state index in [9.17, 15) is 14.4 Å². The maximum atomic E-state index is 12.3. The lowest BCUT2D eigenvalue weighted by Crippen LogP contribution is -2.62. The molecule has 0 atom stereocenters. The van der Waals surface area contributed by atoms with Crippen LogP contribution in [0.1, 0.15) is 13.8 Å². The maximum Gasteiger partial charge on any atom is 0.335 e. The lowest BCUT2D eigenvalue weighted by atomic mass is 9.88. The molecule has 4 amide bonds. The van der Waals surface area contributed by atoms with Crippen LogP contribution in [0.3, 0.4) is 0 Å². The quantitative estimate of drug-likeness (QED) is 0.796. The largest absolute Gasteiger partial charge is 0.335 e. The Bertz CT molecular complexity index is 601. The molecule has 1 heterocycles. The zero-order chi connectivity index (χ0) is 14.4. The summed E-state index contributed by atoms with van der Waals surface area (Å²) in [5.41, 5.74) is -1.01. The highest BCUT2D eigenvalue weighted by Gasteiger charge is 2.48. The second-order valence-corrected chi connectivity index (χ2v) is 5.80. The molecular formula is C12H10BrClN2O3. The van der Waals surface area contributed by atoms with E-state index in [-0.39, 0.29) is 0 Å². The minimum Gasteiger partial charge on any atom is -0.276 e. The van der Waals surface area contributed by atoms with Crippen molar-refractivity contribution in [2.75, 3.05) is 4.90 Å². The highest BCUT2D eigenvalue weighted by atomic mass is 79.9. The summed E-state index contributed by atoms with van der Waals surface area (Å²) >= 11 is 9.18. The number of carbonyl (C=O) groups is 3. The van der Waals surface area contributed by atoms with Crippen LogP contribution in [-0.2, 0) is 9.59 Å². The lowest BCUT2D eigenvalue weighted by Gasteiger charge is -2.34. The third-order valence-electron chi connectivity index (χ3n) is 2.90. The molecule has 5 nitrogen and oxygen atoms in total. The van der Waals surface area contributed by atoms with Crippen LogP contribution >= 0.6 is 27.5 Å². The summed E-state index contributed by atoms with van der Waals surface area (Å²) in [6, 6.07) is 4.03. The Morgan fingerprint density at radius 1 is 1.26 bits per heavy atom. The molecule has 1 N–H and O–H groups in total. The van der Waals surface area contributed by atoms with Crippen molar-refractivity contribution in [1.82, 2.24) is 5.32 Å². The molecule has 0 unspecified atom stereocenters. The van der Waals surface area contributed by atoms with Gasteiger partial charge in [0.15, 0.2) is 0 Å². The van der Waals surface area contributed by atoms with Gasteiger partial charge in [0.05, 0.1) is 15.2 Å². The Labute approximate surface area is 123 Å². The number of amides is 4. The first-order chi connectivity index (χ1) is 8.76. The van der Waals surface area contributed by atoms with Crippen LogP contribution in [0, 0.1) is 5.41 Å². The number of urea groups is 1. The van der Waals surface area contributed by atoms with Crippen LogP contribution in [0.5, 0.6) is 0 Å². The van der Waals surface area contributed by atoms with E-state index in [1.807, 2.05) is 0 Å². The molecule has 0 aliphatic carbocycles. The summed E-state index contributed by atoms with van der Waals surface area (Å²) in [7, 11) is 0. The standard InChI is InChI=1S/C12H10BrClN2O3/c1-12(2)9(17)15-11(19)16(10(12)18)7-5-3-4-6(14)8(7)13/h3-5H,1-2H3,(H,15,17,19). The number of nitrogens with one attached hydrogen (secondary N) is 1. The number of hydrogen-bond donors (Lipinski definition) is 1. The van der Waals surface area contributed by atoms with Crippen molar-refractivity contribution in [3.63, 3.8) is 0 Å². The molecular weight excluding hydrogens is 336 g/mol. The van der Waals surface area contributed by atoms with Crippen LogP contribution in [-0.4, -0.2) is 17.8 Å². The number of barbiturate groups is 1. The number of halogens is 2. The summed E-state index contributed by atoms with van der Waals surface area (Å²) < 4.78 is 0.422. The summed E-state index contributed by atoms with van der Waals surface area (Å²) in [5, 5.41) is 2.53. The Morgan fingerprint density at radius 2 is 1.89 bits per heavy atom. The highest BCUT2D eigenvalue weighted by Crippen LogP contribution is 2.36. The maximum absolute atomic E-state index is 12.3. The average Bonchev–Trinajstić information content (AvgIpc) is 2.33. The zero-order valence-electron chi connectivity index (χ0n) is 10.2. The fourth-order valence-electron chi connectivity index (χ4n) is 1.66. The van der Waals surface area contributed by atoms with Crippen molar-refractivity contribution in [2.45, 2.75) is 13.8 Å². The molecule has 1 aromatic rings. The fraction of sp³-hybridized carbons (Fsp3) is 0.250. The van der Waals surface area contributed by atoms with Crippen LogP contribution in [0.4, 0.5) is 10.5 Å². The molecule has 100 valence electrons. The number of rotatable bonds is 1. The molecule has 1 saturated heterocycles. The van der Waals surface area contributed by atoms with Crippen molar-refractivity contribution in [3.05, 3.63) is 27.7 Å². The molecule has 7 heteroatoms.